The van der Waals surface area contributed by atoms with Gasteiger partial charge in [0.25, 0.3) is 5.91 Å². The Balaban J connectivity index is 2.05. The number of rotatable bonds is 7. The molecule has 2 rings (SSSR count). The average Bonchev–Trinajstić information content (AvgIpc) is 2.56. The molecule has 2 aromatic carbocycles. The molecule has 0 bridgehead atoms. The molecule has 2 aromatic rings. The van der Waals surface area contributed by atoms with E-state index >= 15 is 0 Å². The third kappa shape index (κ3) is 5.12. The Morgan fingerprint density at radius 3 is 2.25 bits per heavy atom. The SMILES string of the molecule is Cc1ccccc1O[C@@H](C)C(=O)N[C@H](CC(C)C)c1ccccc1. The highest BCUT2D eigenvalue weighted by atomic mass is 16.5. The number of hydrogen-bond acceptors (Lipinski definition) is 2. The van der Waals surface area contributed by atoms with Crippen LogP contribution in [0.5, 0.6) is 5.75 Å². The first-order valence-corrected chi connectivity index (χ1v) is 8.55. The van der Waals surface area contributed by atoms with Gasteiger partial charge in [-0.1, -0.05) is 62.4 Å². The Labute approximate surface area is 145 Å². The number of aryl methyl sites for hydroxylation is 1. The van der Waals surface area contributed by atoms with Gasteiger partial charge in [0.05, 0.1) is 6.04 Å². The number of carbonyl (C=O) groups excluding carboxylic acids is 1. The number of ether oxygens (including phenoxy) is 1. The number of benzene rings is 2. The molecule has 0 saturated carbocycles. The highest BCUT2D eigenvalue weighted by Gasteiger charge is 2.21. The van der Waals surface area contributed by atoms with Crippen LogP contribution in [-0.2, 0) is 4.79 Å². The Morgan fingerprint density at radius 1 is 1.00 bits per heavy atom. The first kappa shape index (κ1) is 18.1. The van der Waals surface area contributed by atoms with Gasteiger partial charge in [-0.05, 0) is 43.4 Å². The van der Waals surface area contributed by atoms with Crippen LogP contribution in [0.15, 0.2) is 54.6 Å². The molecule has 0 aliphatic carbocycles. The van der Waals surface area contributed by atoms with Crippen molar-refractivity contribution in [3.63, 3.8) is 0 Å². The van der Waals surface area contributed by atoms with Gasteiger partial charge >= 0.3 is 0 Å². The van der Waals surface area contributed by atoms with Gasteiger partial charge in [-0.2, -0.15) is 0 Å². The molecule has 0 heterocycles. The van der Waals surface area contributed by atoms with Crippen LogP contribution < -0.4 is 10.1 Å². The normalized spacial score (nSPS) is 13.4. The van der Waals surface area contributed by atoms with Crippen molar-refractivity contribution in [1.82, 2.24) is 5.32 Å². The molecular formula is C21H27NO2. The van der Waals surface area contributed by atoms with Crippen molar-refractivity contribution >= 4 is 5.91 Å². The van der Waals surface area contributed by atoms with E-state index in [4.69, 9.17) is 4.74 Å². The third-order valence-electron chi connectivity index (χ3n) is 3.99. The maximum absolute atomic E-state index is 12.6. The predicted octanol–water partition coefficient (Wildman–Crippen LogP) is 4.67. The molecule has 0 saturated heterocycles. The fraction of sp³-hybridized carbons (Fsp3) is 0.381. The van der Waals surface area contributed by atoms with Crippen LogP contribution in [0.25, 0.3) is 0 Å². The first-order chi connectivity index (χ1) is 11.5. The summed E-state index contributed by atoms with van der Waals surface area (Å²) in [7, 11) is 0. The Bertz CT molecular complexity index is 652. The van der Waals surface area contributed by atoms with E-state index in [1.807, 2.05) is 49.4 Å². The highest BCUT2D eigenvalue weighted by Crippen LogP contribution is 2.22. The second kappa shape index (κ2) is 8.53. The number of carbonyl (C=O) groups is 1. The van der Waals surface area contributed by atoms with Crippen LogP contribution in [0.1, 0.15) is 44.4 Å². The fourth-order valence-corrected chi connectivity index (χ4v) is 2.66. The molecule has 128 valence electrons. The molecule has 0 fully saturated rings. The van der Waals surface area contributed by atoms with Crippen LogP contribution in [0.3, 0.4) is 0 Å². The molecule has 1 N–H and O–H groups in total. The van der Waals surface area contributed by atoms with Gasteiger partial charge in [0.2, 0.25) is 0 Å². The summed E-state index contributed by atoms with van der Waals surface area (Å²) >= 11 is 0. The molecular weight excluding hydrogens is 298 g/mol. The summed E-state index contributed by atoms with van der Waals surface area (Å²) in [4.78, 5) is 12.6. The van der Waals surface area contributed by atoms with Gasteiger partial charge in [-0.3, -0.25) is 4.79 Å². The monoisotopic (exact) mass is 325 g/mol. The smallest absolute Gasteiger partial charge is 0.261 e. The Kier molecular flexibility index (Phi) is 6.42. The zero-order valence-corrected chi connectivity index (χ0v) is 15.0. The predicted molar refractivity (Wildman–Crippen MR) is 98.0 cm³/mol. The second-order valence-corrected chi connectivity index (χ2v) is 6.63. The van der Waals surface area contributed by atoms with Gasteiger partial charge in [0, 0.05) is 0 Å². The first-order valence-electron chi connectivity index (χ1n) is 8.55. The molecule has 0 radical (unpaired) electrons. The van der Waals surface area contributed by atoms with Crippen LogP contribution in [0.2, 0.25) is 0 Å². The van der Waals surface area contributed by atoms with Crippen LogP contribution in [0.4, 0.5) is 0 Å². The second-order valence-electron chi connectivity index (χ2n) is 6.63. The summed E-state index contributed by atoms with van der Waals surface area (Å²) in [5.41, 5.74) is 2.15. The number of amides is 1. The van der Waals surface area contributed by atoms with E-state index in [-0.39, 0.29) is 11.9 Å². The molecule has 0 unspecified atom stereocenters. The zero-order chi connectivity index (χ0) is 17.5. The van der Waals surface area contributed by atoms with Crippen molar-refractivity contribution in [3.8, 4) is 5.75 Å². The average molecular weight is 325 g/mol. The van der Waals surface area contributed by atoms with E-state index in [2.05, 4.69) is 31.3 Å². The minimum atomic E-state index is -0.538. The maximum Gasteiger partial charge on any atom is 0.261 e. The van der Waals surface area contributed by atoms with Gasteiger partial charge in [0.1, 0.15) is 5.75 Å². The van der Waals surface area contributed by atoms with Crippen molar-refractivity contribution in [2.75, 3.05) is 0 Å². The molecule has 0 aromatic heterocycles. The summed E-state index contributed by atoms with van der Waals surface area (Å²) in [5.74, 6) is 1.15. The molecule has 24 heavy (non-hydrogen) atoms. The molecule has 2 atom stereocenters. The molecule has 0 aliphatic heterocycles. The number of para-hydroxylation sites is 1. The summed E-state index contributed by atoms with van der Waals surface area (Å²) in [6.45, 7) is 8.09. The lowest BCUT2D eigenvalue weighted by Gasteiger charge is -2.24. The largest absolute Gasteiger partial charge is 0.481 e. The van der Waals surface area contributed by atoms with Crippen molar-refractivity contribution in [3.05, 3.63) is 65.7 Å². The van der Waals surface area contributed by atoms with E-state index in [1.54, 1.807) is 6.92 Å². The summed E-state index contributed by atoms with van der Waals surface area (Å²) < 4.78 is 5.84. The molecule has 0 aliphatic rings. The Hall–Kier alpha value is -2.29. The summed E-state index contributed by atoms with van der Waals surface area (Å²) in [5, 5.41) is 3.14. The zero-order valence-electron chi connectivity index (χ0n) is 15.0. The van der Waals surface area contributed by atoms with Gasteiger partial charge in [0.15, 0.2) is 6.10 Å². The van der Waals surface area contributed by atoms with Crippen LogP contribution in [-0.4, -0.2) is 12.0 Å². The summed E-state index contributed by atoms with van der Waals surface area (Å²) in [6.07, 6.45) is 0.358. The lowest BCUT2D eigenvalue weighted by Crippen LogP contribution is -2.39. The minimum Gasteiger partial charge on any atom is -0.481 e. The van der Waals surface area contributed by atoms with E-state index < -0.39 is 6.10 Å². The van der Waals surface area contributed by atoms with Crippen molar-refractivity contribution in [1.29, 1.82) is 0 Å². The molecule has 3 nitrogen and oxygen atoms in total. The third-order valence-corrected chi connectivity index (χ3v) is 3.99. The minimum absolute atomic E-state index is 0.00150. The van der Waals surface area contributed by atoms with Crippen molar-refractivity contribution in [2.45, 2.75) is 46.3 Å². The summed E-state index contributed by atoms with van der Waals surface area (Å²) in [6, 6.07) is 17.8. The number of hydrogen-bond donors (Lipinski definition) is 1. The van der Waals surface area contributed by atoms with E-state index in [1.165, 1.54) is 0 Å². The lowest BCUT2D eigenvalue weighted by atomic mass is 9.97. The Morgan fingerprint density at radius 2 is 1.62 bits per heavy atom. The highest BCUT2D eigenvalue weighted by molar-refractivity contribution is 5.81. The van der Waals surface area contributed by atoms with Crippen LogP contribution in [0, 0.1) is 12.8 Å². The molecule has 3 heteroatoms. The van der Waals surface area contributed by atoms with E-state index in [0.29, 0.717) is 5.92 Å². The standard InChI is InChI=1S/C21H27NO2/c1-15(2)14-19(18-11-6-5-7-12-18)22-21(23)17(4)24-20-13-9-8-10-16(20)3/h5-13,15,17,19H,14H2,1-4H3,(H,22,23)/t17-,19+/m0/s1. The topological polar surface area (TPSA) is 38.3 Å². The quantitative estimate of drug-likeness (QED) is 0.803. The van der Waals surface area contributed by atoms with E-state index in [0.717, 1.165) is 23.3 Å². The fourth-order valence-electron chi connectivity index (χ4n) is 2.66. The van der Waals surface area contributed by atoms with Crippen molar-refractivity contribution in [2.24, 2.45) is 5.92 Å². The maximum atomic E-state index is 12.6. The van der Waals surface area contributed by atoms with E-state index in [9.17, 15) is 4.79 Å². The molecule has 0 spiro atoms. The van der Waals surface area contributed by atoms with Gasteiger partial charge in [-0.15, -0.1) is 0 Å². The molecule has 1 amide bonds. The lowest BCUT2D eigenvalue weighted by molar-refractivity contribution is -0.128. The van der Waals surface area contributed by atoms with Gasteiger partial charge in [-0.25, -0.2) is 0 Å². The van der Waals surface area contributed by atoms with Gasteiger partial charge < -0.3 is 10.1 Å². The van der Waals surface area contributed by atoms with Crippen LogP contribution >= 0.6 is 0 Å². The van der Waals surface area contributed by atoms with Crippen molar-refractivity contribution < 1.29 is 9.53 Å². The number of nitrogens with one attached hydrogen (secondary N) is 1.